The van der Waals surface area contributed by atoms with Crippen LogP contribution in [0.2, 0.25) is 0 Å². The molecular formula is C12H22N2O8Pt. The Morgan fingerprint density at radius 2 is 0.870 bits per heavy atom. The summed E-state index contributed by atoms with van der Waals surface area (Å²) in [6.07, 6.45) is 0.222. The average Bonchev–Trinajstić information content (AvgIpc) is 2.28. The molecule has 0 spiro atoms. The SMILES string of the molecule is CC(C)=C(C(=O)[O-])C(=O)[O-].CCC(=O)[O-].CCC(=O)[O-].N.N.[Pt+4]. The number of rotatable bonds is 4. The quantitative estimate of drug-likeness (QED) is 0.212. The number of hydrogen-bond donors (Lipinski definition) is 2. The van der Waals surface area contributed by atoms with Crippen molar-refractivity contribution in [2.75, 3.05) is 0 Å². The third-order valence-corrected chi connectivity index (χ3v) is 1.49. The summed E-state index contributed by atoms with van der Waals surface area (Å²) < 4.78 is 0. The molecule has 0 bridgehead atoms. The first kappa shape index (κ1) is 37.5. The van der Waals surface area contributed by atoms with Crippen molar-refractivity contribution in [1.82, 2.24) is 12.3 Å². The maximum absolute atomic E-state index is 9.99. The Bertz CT molecular complexity index is 363. The number of carbonyl (C=O) groups is 4. The number of carboxylic acid groups (broad SMARTS) is 4. The van der Waals surface area contributed by atoms with Crippen molar-refractivity contribution in [3.63, 3.8) is 0 Å². The molecule has 10 nitrogen and oxygen atoms in total. The normalized spacial score (nSPS) is 6.96. The molecule has 0 amide bonds. The van der Waals surface area contributed by atoms with Crippen LogP contribution in [0.5, 0.6) is 0 Å². The third kappa shape index (κ3) is 33.2. The molecule has 0 aromatic rings. The maximum Gasteiger partial charge on any atom is 4.00 e. The van der Waals surface area contributed by atoms with Crippen LogP contribution in [-0.2, 0) is 40.2 Å². The van der Waals surface area contributed by atoms with Gasteiger partial charge in [-0.15, -0.1) is 0 Å². The Labute approximate surface area is 149 Å². The minimum atomic E-state index is -1.71. The number of carboxylic acids is 4. The molecule has 0 fully saturated rings. The summed E-state index contributed by atoms with van der Waals surface area (Å²) in [7, 11) is 0. The Hall–Kier alpha value is -1.77. The molecule has 0 saturated carbocycles. The summed E-state index contributed by atoms with van der Waals surface area (Å²) in [6, 6.07) is 0. The molecule has 138 valence electrons. The summed E-state index contributed by atoms with van der Waals surface area (Å²) in [5.41, 5.74) is -0.611. The molecule has 0 aromatic carbocycles. The Morgan fingerprint density at radius 3 is 0.870 bits per heavy atom. The second-order valence-corrected chi connectivity index (χ2v) is 3.40. The summed E-state index contributed by atoms with van der Waals surface area (Å²) in [6.45, 7) is 5.80. The van der Waals surface area contributed by atoms with E-state index in [0.29, 0.717) is 0 Å². The van der Waals surface area contributed by atoms with Gasteiger partial charge in [0.2, 0.25) is 0 Å². The van der Waals surface area contributed by atoms with Gasteiger partial charge in [-0.1, -0.05) is 19.4 Å². The van der Waals surface area contributed by atoms with Crippen LogP contribution in [0.25, 0.3) is 0 Å². The second-order valence-electron chi connectivity index (χ2n) is 3.40. The van der Waals surface area contributed by atoms with Crippen LogP contribution >= 0.6 is 0 Å². The molecule has 0 heterocycles. The Kier molecular flexibility index (Phi) is 36.7. The first-order valence-electron chi connectivity index (χ1n) is 5.50. The predicted molar refractivity (Wildman–Crippen MR) is 69.0 cm³/mol. The molecule has 0 unspecified atom stereocenters. The fourth-order valence-electron chi connectivity index (χ4n) is 0.492. The van der Waals surface area contributed by atoms with Crippen molar-refractivity contribution in [2.45, 2.75) is 40.5 Å². The topological polar surface area (TPSA) is 231 Å². The van der Waals surface area contributed by atoms with Gasteiger partial charge in [0.05, 0.1) is 11.9 Å². The van der Waals surface area contributed by atoms with Gasteiger partial charge < -0.3 is 51.9 Å². The molecule has 11 heteroatoms. The molecule has 0 radical (unpaired) electrons. The molecule has 0 aliphatic carbocycles. The average molecular weight is 517 g/mol. The molecule has 0 aliphatic rings. The zero-order valence-electron chi connectivity index (χ0n) is 13.4. The number of aliphatic carboxylic acids is 4. The van der Waals surface area contributed by atoms with E-state index in [1.54, 1.807) is 0 Å². The van der Waals surface area contributed by atoms with Gasteiger partial charge in [0.15, 0.2) is 0 Å². The third-order valence-electron chi connectivity index (χ3n) is 1.49. The van der Waals surface area contributed by atoms with E-state index in [4.69, 9.17) is 0 Å². The zero-order chi connectivity index (χ0) is 16.9. The van der Waals surface area contributed by atoms with Gasteiger partial charge in [0.1, 0.15) is 0 Å². The van der Waals surface area contributed by atoms with E-state index in [0.717, 1.165) is 0 Å². The van der Waals surface area contributed by atoms with Crippen LogP contribution < -0.4 is 32.7 Å². The zero-order valence-corrected chi connectivity index (χ0v) is 15.7. The second kappa shape index (κ2) is 22.5. The summed E-state index contributed by atoms with van der Waals surface area (Å²) >= 11 is 0. The van der Waals surface area contributed by atoms with Crippen molar-refractivity contribution in [3.05, 3.63) is 11.1 Å². The van der Waals surface area contributed by atoms with Gasteiger partial charge in [-0.05, 0) is 26.7 Å². The van der Waals surface area contributed by atoms with E-state index in [-0.39, 0.29) is 51.8 Å². The molecule has 0 aliphatic heterocycles. The van der Waals surface area contributed by atoms with E-state index in [1.165, 1.54) is 27.7 Å². The molecule has 0 aromatic heterocycles. The summed E-state index contributed by atoms with van der Waals surface area (Å²) in [5, 5.41) is 38.5. The minimum absolute atomic E-state index is 0. The smallest absolute Gasteiger partial charge is 0.550 e. The van der Waals surface area contributed by atoms with E-state index < -0.39 is 29.5 Å². The van der Waals surface area contributed by atoms with Crippen LogP contribution in [0.3, 0.4) is 0 Å². The van der Waals surface area contributed by atoms with Crippen molar-refractivity contribution in [3.8, 4) is 0 Å². The summed E-state index contributed by atoms with van der Waals surface area (Å²) in [5.74, 6) is -5.41. The number of carbonyl (C=O) groups excluding carboxylic acids is 4. The van der Waals surface area contributed by atoms with Gasteiger partial charge in [0.25, 0.3) is 0 Å². The van der Waals surface area contributed by atoms with E-state index in [9.17, 15) is 39.6 Å². The van der Waals surface area contributed by atoms with Gasteiger partial charge in [0, 0.05) is 17.5 Å². The van der Waals surface area contributed by atoms with Crippen LogP contribution in [0, 0.1) is 0 Å². The Morgan fingerprint density at radius 1 is 0.696 bits per heavy atom. The fourth-order valence-corrected chi connectivity index (χ4v) is 0.492. The fraction of sp³-hybridized carbons (Fsp3) is 0.500. The minimum Gasteiger partial charge on any atom is -0.550 e. The number of hydrogen-bond acceptors (Lipinski definition) is 10. The molecule has 23 heavy (non-hydrogen) atoms. The van der Waals surface area contributed by atoms with Gasteiger partial charge in [-0.3, -0.25) is 0 Å². The largest absolute Gasteiger partial charge is 4.00 e. The molecule has 0 atom stereocenters. The first-order chi connectivity index (χ1) is 9.00. The van der Waals surface area contributed by atoms with Crippen molar-refractivity contribution < 1.29 is 60.7 Å². The van der Waals surface area contributed by atoms with Crippen LogP contribution in [0.15, 0.2) is 11.1 Å². The molecule has 0 saturated heterocycles. The summed E-state index contributed by atoms with van der Waals surface area (Å²) in [4.78, 5) is 38.5. The van der Waals surface area contributed by atoms with Gasteiger partial charge in [-0.2, -0.15) is 0 Å². The standard InChI is InChI=1S/C6H8O4.2C3H6O2.2H3N.Pt/c1-3(2)4(5(7)8)6(9)10;2*1-2-3(4)5;;;/h1-2H3,(H,7,8)(H,9,10);2*2H2,1H3,(H,4,5);2*1H3;/q;;;;;+4/p-4. The number of allylic oxidation sites excluding steroid dienone is 1. The van der Waals surface area contributed by atoms with E-state index >= 15 is 0 Å². The van der Waals surface area contributed by atoms with Crippen molar-refractivity contribution >= 4 is 23.9 Å². The van der Waals surface area contributed by atoms with Crippen molar-refractivity contribution in [2.24, 2.45) is 0 Å². The monoisotopic (exact) mass is 517 g/mol. The van der Waals surface area contributed by atoms with Crippen LogP contribution in [0.4, 0.5) is 0 Å². The maximum atomic E-state index is 9.99. The molecule has 0 rings (SSSR count). The van der Waals surface area contributed by atoms with Crippen LogP contribution in [0.1, 0.15) is 40.5 Å². The molecule has 6 N–H and O–H groups in total. The van der Waals surface area contributed by atoms with Crippen LogP contribution in [-0.4, -0.2) is 23.9 Å². The van der Waals surface area contributed by atoms with E-state index in [2.05, 4.69) is 0 Å². The Balaban J connectivity index is -0.0000000483. The van der Waals surface area contributed by atoms with Gasteiger partial charge in [-0.25, -0.2) is 0 Å². The van der Waals surface area contributed by atoms with Gasteiger partial charge >= 0.3 is 21.1 Å². The molecular weight excluding hydrogens is 495 g/mol. The van der Waals surface area contributed by atoms with E-state index in [1.807, 2.05) is 0 Å². The predicted octanol–water partition coefficient (Wildman–Crippen LogP) is -3.56. The first-order valence-corrected chi connectivity index (χ1v) is 5.50. The van der Waals surface area contributed by atoms with Crippen molar-refractivity contribution in [1.29, 1.82) is 0 Å².